The van der Waals surface area contributed by atoms with E-state index in [2.05, 4.69) is 29.2 Å². The number of hydrogen-bond acceptors (Lipinski definition) is 7. The van der Waals surface area contributed by atoms with Crippen molar-refractivity contribution in [2.75, 3.05) is 31.2 Å². The summed E-state index contributed by atoms with van der Waals surface area (Å²) in [5.74, 6) is 0. The summed E-state index contributed by atoms with van der Waals surface area (Å²) in [6, 6.07) is 15.3. The fraction of sp³-hybridized carbons (Fsp3) is 0.385. The minimum absolute atomic E-state index is 0.0755. The summed E-state index contributed by atoms with van der Waals surface area (Å²) < 4.78 is 7.32. The largest absolute Gasteiger partial charge is 0.378 e. The van der Waals surface area contributed by atoms with Gasteiger partial charge in [-0.1, -0.05) is 31.4 Å². The predicted octanol–water partition coefficient (Wildman–Crippen LogP) is 5.08. The number of anilines is 1. The van der Waals surface area contributed by atoms with Crippen LogP contribution in [0.15, 0.2) is 64.0 Å². The zero-order valence-corrected chi connectivity index (χ0v) is 20.4. The molecule has 0 amide bonds. The van der Waals surface area contributed by atoms with Crippen molar-refractivity contribution in [2.24, 2.45) is 10.1 Å². The fourth-order valence-electron chi connectivity index (χ4n) is 4.54. The Morgan fingerprint density at radius 3 is 2.40 bits per heavy atom. The van der Waals surface area contributed by atoms with Crippen molar-refractivity contribution in [3.63, 3.8) is 0 Å². The second-order valence-corrected chi connectivity index (χ2v) is 9.71. The summed E-state index contributed by atoms with van der Waals surface area (Å²) in [4.78, 5) is 18.9. The van der Waals surface area contributed by atoms with Gasteiger partial charge in [0.15, 0.2) is 0 Å². The second kappa shape index (κ2) is 11.0. The Morgan fingerprint density at radius 1 is 1.00 bits per heavy atom. The average Bonchev–Trinajstić information content (AvgIpc) is 3.31. The first kappa shape index (κ1) is 23.4. The molecule has 1 aliphatic heterocycles. The number of nitro groups is 1. The highest BCUT2D eigenvalue weighted by Crippen LogP contribution is 2.25. The predicted molar refractivity (Wildman–Crippen MR) is 139 cm³/mol. The van der Waals surface area contributed by atoms with Gasteiger partial charge in [-0.15, -0.1) is 11.3 Å². The molecule has 0 unspecified atom stereocenters. The van der Waals surface area contributed by atoms with E-state index in [1.807, 2.05) is 16.3 Å². The molecule has 3 aromatic rings. The fourth-order valence-corrected chi connectivity index (χ4v) is 5.44. The molecule has 0 spiro atoms. The van der Waals surface area contributed by atoms with Crippen molar-refractivity contribution >= 4 is 28.9 Å². The Hall–Kier alpha value is -3.30. The van der Waals surface area contributed by atoms with E-state index in [1.54, 1.807) is 23.5 Å². The van der Waals surface area contributed by atoms with E-state index in [0.29, 0.717) is 6.04 Å². The third kappa shape index (κ3) is 5.68. The standard InChI is InChI=1S/C26H29N5O3S/c32-31(33)24-12-8-21(9-13-24)25-19-35-26(28-22-4-2-1-3-5-22)30(25)27-18-20-6-10-23(11-7-20)29-14-16-34-17-15-29/h6-13,18-19,22H,1-5,14-17H2. The van der Waals surface area contributed by atoms with Gasteiger partial charge < -0.3 is 9.64 Å². The number of hydrogen-bond donors (Lipinski definition) is 0. The number of benzene rings is 2. The lowest BCUT2D eigenvalue weighted by Crippen LogP contribution is -2.36. The molecule has 182 valence electrons. The topological polar surface area (TPSA) is 85.3 Å². The van der Waals surface area contributed by atoms with Crippen LogP contribution < -0.4 is 9.70 Å². The van der Waals surface area contributed by atoms with E-state index >= 15 is 0 Å². The van der Waals surface area contributed by atoms with Crippen molar-refractivity contribution in [2.45, 2.75) is 38.1 Å². The lowest BCUT2D eigenvalue weighted by molar-refractivity contribution is -0.384. The molecule has 2 heterocycles. The summed E-state index contributed by atoms with van der Waals surface area (Å²) in [6.07, 6.45) is 7.78. The smallest absolute Gasteiger partial charge is 0.269 e. The molecule has 2 aliphatic rings. The minimum Gasteiger partial charge on any atom is -0.378 e. The van der Waals surface area contributed by atoms with Crippen LogP contribution >= 0.6 is 11.3 Å². The van der Waals surface area contributed by atoms with E-state index < -0.39 is 0 Å². The molecule has 2 fully saturated rings. The maximum Gasteiger partial charge on any atom is 0.269 e. The number of non-ortho nitro benzene ring substituents is 1. The summed E-state index contributed by atoms with van der Waals surface area (Å²) in [6.45, 7) is 3.33. The van der Waals surface area contributed by atoms with Crippen molar-refractivity contribution < 1.29 is 9.66 Å². The highest BCUT2D eigenvalue weighted by atomic mass is 32.1. The van der Waals surface area contributed by atoms with E-state index in [-0.39, 0.29) is 10.6 Å². The van der Waals surface area contributed by atoms with Gasteiger partial charge in [0.05, 0.1) is 36.1 Å². The summed E-state index contributed by atoms with van der Waals surface area (Å²) in [7, 11) is 0. The van der Waals surface area contributed by atoms with Gasteiger partial charge in [0.2, 0.25) is 4.80 Å². The average molecular weight is 492 g/mol. The number of ether oxygens (including phenoxy) is 1. The Morgan fingerprint density at radius 2 is 1.71 bits per heavy atom. The molecule has 1 aromatic heterocycles. The van der Waals surface area contributed by atoms with Crippen LogP contribution in [0.25, 0.3) is 11.3 Å². The zero-order valence-electron chi connectivity index (χ0n) is 19.6. The second-order valence-electron chi connectivity index (χ2n) is 8.88. The van der Waals surface area contributed by atoms with Crippen LogP contribution in [-0.2, 0) is 4.74 Å². The number of thiazole rings is 1. The van der Waals surface area contributed by atoms with Crippen molar-refractivity contribution in [3.05, 3.63) is 74.4 Å². The molecule has 0 atom stereocenters. The number of rotatable bonds is 6. The molecule has 9 heteroatoms. The van der Waals surface area contributed by atoms with Gasteiger partial charge in [0, 0.05) is 41.9 Å². The Bertz CT molecular complexity index is 1240. The molecule has 0 radical (unpaired) electrons. The first-order valence-electron chi connectivity index (χ1n) is 12.1. The molecule has 5 rings (SSSR count). The van der Waals surface area contributed by atoms with Gasteiger partial charge in [-0.25, -0.2) is 4.68 Å². The van der Waals surface area contributed by atoms with Gasteiger partial charge in [-0.05, 0) is 42.7 Å². The minimum atomic E-state index is -0.381. The van der Waals surface area contributed by atoms with Crippen molar-refractivity contribution in [3.8, 4) is 11.3 Å². The molecule has 8 nitrogen and oxygen atoms in total. The maximum atomic E-state index is 11.1. The van der Waals surface area contributed by atoms with Gasteiger partial charge >= 0.3 is 0 Å². The normalized spacial score (nSPS) is 17.8. The lowest BCUT2D eigenvalue weighted by atomic mass is 9.96. The van der Waals surface area contributed by atoms with Crippen molar-refractivity contribution in [1.29, 1.82) is 0 Å². The van der Waals surface area contributed by atoms with Crippen LogP contribution in [0.4, 0.5) is 11.4 Å². The Balaban J connectivity index is 1.45. The number of morpholine rings is 1. The Kier molecular flexibility index (Phi) is 7.34. The zero-order chi connectivity index (χ0) is 24.0. The molecule has 2 aromatic carbocycles. The number of nitrogens with zero attached hydrogens (tertiary/aromatic N) is 5. The van der Waals surface area contributed by atoms with Crippen molar-refractivity contribution in [1.82, 2.24) is 4.68 Å². The first-order valence-corrected chi connectivity index (χ1v) is 13.0. The molecule has 0 N–H and O–H groups in total. The number of aromatic nitrogens is 1. The molecular weight excluding hydrogens is 462 g/mol. The van der Waals surface area contributed by atoms with Crippen LogP contribution in [0.2, 0.25) is 0 Å². The van der Waals surface area contributed by atoms with Crippen LogP contribution in [0, 0.1) is 10.1 Å². The van der Waals surface area contributed by atoms with Gasteiger partial charge in [0.25, 0.3) is 5.69 Å². The third-order valence-corrected chi connectivity index (χ3v) is 7.35. The molecule has 1 saturated heterocycles. The third-order valence-electron chi connectivity index (χ3n) is 6.52. The van der Waals surface area contributed by atoms with Crippen LogP contribution in [0.5, 0.6) is 0 Å². The van der Waals surface area contributed by atoms with Gasteiger partial charge in [-0.2, -0.15) is 5.10 Å². The molecular formula is C26H29N5O3S. The van der Waals surface area contributed by atoms with Crippen LogP contribution in [-0.4, -0.2) is 48.2 Å². The van der Waals surface area contributed by atoms with E-state index in [1.165, 1.54) is 37.1 Å². The first-order chi connectivity index (χ1) is 17.2. The summed E-state index contributed by atoms with van der Waals surface area (Å²) >= 11 is 1.56. The van der Waals surface area contributed by atoms with E-state index in [4.69, 9.17) is 14.8 Å². The molecule has 35 heavy (non-hydrogen) atoms. The molecule has 1 saturated carbocycles. The quantitative estimate of drug-likeness (QED) is 0.273. The highest BCUT2D eigenvalue weighted by molar-refractivity contribution is 7.07. The molecule has 1 aliphatic carbocycles. The SMILES string of the molecule is O=[N+]([O-])c1ccc(-c2csc(=NC3CCCCC3)n2N=Cc2ccc(N3CCOCC3)cc2)cc1. The maximum absolute atomic E-state index is 11.1. The van der Waals surface area contributed by atoms with E-state index in [0.717, 1.165) is 60.8 Å². The lowest BCUT2D eigenvalue weighted by Gasteiger charge is -2.28. The molecule has 0 bridgehead atoms. The Labute approximate surface area is 208 Å². The van der Waals surface area contributed by atoms with Crippen LogP contribution in [0.3, 0.4) is 0 Å². The van der Waals surface area contributed by atoms with Crippen LogP contribution in [0.1, 0.15) is 37.7 Å². The van der Waals surface area contributed by atoms with Gasteiger partial charge in [-0.3, -0.25) is 15.1 Å². The summed E-state index contributed by atoms with van der Waals surface area (Å²) in [5.41, 5.74) is 4.01. The number of nitro benzene ring substituents is 1. The van der Waals surface area contributed by atoms with Gasteiger partial charge in [0.1, 0.15) is 0 Å². The highest BCUT2D eigenvalue weighted by Gasteiger charge is 2.15. The monoisotopic (exact) mass is 491 g/mol. The van der Waals surface area contributed by atoms with E-state index in [9.17, 15) is 10.1 Å². The summed E-state index contributed by atoms with van der Waals surface area (Å²) in [5, 5.41) is 17.9.